The van der Waals surface area contributed by atoms with Gasteiger partial charge in [0.1, 0.15) is 0 Å². The van der Waals surface area contributed by atoms with Crippen LogP contribution < -0.4 is 5.73 Å². The summed E-state index contributed by atoms with van der Waals surface area (Å²) in [6.07, 6.45) is 2.73. The number of aromatic nitrogens is 1. The SMILES string of the molecule is CCOC(C)(CC)C(N)c1ccc(C)nc1. The number of nitrogens with zero attached hydrogens (tertiary/aromatic N) is 1. The number of aryl methyl sites for hydroxylation is 1. The Labute approximate surface area is 98.0 Å². The van der Waals surface area contributed by atoms with Crippen molar-refractivity contribution in [3.63, 3.8) is 0 Å². The van der Waals surface area contributed by atoms with Crippen LogP contribution in [0, 0.1) is 6.92 Å². The summed E-state index contributed by atoms with van der Waals surface area (Å²) in [6.45, 7) is 8.79. The molecule has 2 N–H and O–H groups in total. The van der Waals surface area contributed by atoms with Gasteiger partial charge in [-0.2, -0.15) is 0 Å². The van der Waals surface area contributed by atoms with Gasteiger partial charge in [-0.05, 0) is 38.8 Å². The molecule has 16 heavy (non-hydrogen) atoms. The lowest BCUT2D eigenvalue weighted by Gasteiger charge is -2.34. The molecule has 2 atom stereocenters. The average molecular weight is 222 g/mol. The zero-order chi connectivity index (χ0) is 12.2. The van der Waals surface area contributed by atoms with E-state index in [1.54, 1.807) is 0 Å². The summed E-state index contributed by atoms with van der Waals surface area (Å²) in [5.41, 5.74) is 7.98. The van der Waals surface area contributed by atoms with Gasteiger partial charge in [-0.25, -0.2) is 0 Å². The zero-order valence-corrected chi connectivity index (χ0v) is 10.7. The molecule has 1 aromatic heterocycles. The molecule has 3 heteroatoms. The summed E-state index contributed by atoms with van der Waals surface area (Å²) in [6, 6.07) is 3.88. The second kappa shape index (κ2) is 5.41. The molecule has 1 aromatic rings. The predicted octanol–water partition coefficient (Wildman–Crippen LogP) is 2.60. The first-order valence-corrected chi connectivity index (χ1v) is 5.85. The zero-order valence-electron chi connectivity index (χ0n) is 10.7. The molecule has 1 heterocycles. The van der Waals surface area contributed by atoms with E-state index in [1.807, 2.05) is 32.2 Å². The normalized spacial score (nSPS) is 16.8. The predicted molar refractivity (Wildman–Crippen MR) is 66.2 cm³/mol. The van der Waals surface area contributed by atoms with Crippen LogP contribution in [-0.2, 0) is 4.74 Å². The smallest absolute Gasteiger partial charge is 0.0844 e. The van der Waals surface area contributed by atoms with Crippen LogP contribution in [0.25, 0.3) is 0 Å². The lowest BCUT2D eigenvalue weighted by atomic mass is 9.89. The van der Waals surface area contributed by atoms with Crippen LogP contribution in [0.4, 0.5) is 0 Å². The Morgan fingerprint density at radius 2 is 2.12 bits per heavy atom. The lowest BCUT2D eigenvalue weighted by Crippen LogP contribution is -2.40. The van der Waals surface area contributed by atoms with Gasteiger partial charge in [-0.3, -0.25) is 4.98 Å². The fourth-order valence-electron chi connectivity index (χ4n) is 1.76. The van der Waals surface area contributed by atoms with E-state index in [4.69, 9.17) is 10.5 Å². The Hall–Kier alpha value is -0.930. The van der Waals surface area contributed by atoms with Crippen molar-refractivity contribution in [1.82, 2.24) is 4.98 Å². The highest BCUT2D eigenvalue weighted by molar-refractivity contribution is 5.19. The molecule has 0 spiro atoms. The van der Waals surface area contributed by atoms with Crippen LogP contribution in [0.5, 0.6) is 0 Å². The number of hydrogen-bond donors (Lipinski definition) is 1. The standard InChI is InChI=1S/C13H22N2O/c1-5-13(4,16-6-2)12(14)11-8-7-10(3)15-9-11/h7-9,12H,5-6,14H2,1-4H3. The maximum Gasteiger partial charge on any atom is 0.0844 e. The minimum atomic E-state index is -0.314. The van der Waals surface area contributed by atoms with E-state index in [-0.39, 0.29) is 11.6 Å². The van der Waals surface area contributed by atoms with Gasteiger partial charge in [0.2, 0.25) is 0 Å². The van der Waals surface area contributed by atoms with Gasteiger partial charge in [-0.1, -0.05) is 13.0 Å². The van der Waals surface area contributed by atoms with Gasteiger partial charge in [0.25, 0.3) is 0 Å². The summed E-state index contributed by atoms with van der Waals surface area (Å²) in [7, 11) is 0. The summed E-state index contributed by atoms with van der Waals surface area (Å²) in [4.78, 5) is 4.27. The minimum absolute atomic E-state index is 0.134. The number of hydrogen-bond acceptors (Lipinski definition) is 3. The van der Waals surface area contributed by atoms with Crippen molar-refractivity contribution in [1.29, 1.82) is 0 Å². The van der Waals surface area contributed by atoms with E-state index in [0.29, 0.717) is 6.61 Å². The molecule has 0 saturated carbocycles. The number of rotatable bonds is 5. The molecule has 1 rings (SSSR count). The van der Waals surface area contributed by atoms with Gasteiger partial charge in [0.15, 0.2) is 0 Å². The Morgan fingerprint density at radius 3 is 2.56 bits per heavy atom. The number of ether oxygens (including phenoxy) is 1. The van der Waals surface area contributed by atoms with E-state index in [2.05, 4.69) is 18.8 Å². The number of pyridine rings is 1. The highest BCUT2D eigenvalue weighted by Crippen LogP contribution is 2.29. The van der Waals surface area contributed by atoms with Crippen molar-refractivity contribution in [2.45, 2.75) is 45.8 Å². The van der Waals surface area contributed by atoms with Gasteiger partial charge >= 0.3 is 0 Å². The van der Waals surface area contributed by atoms with Crippen molar-refractivity contribution in [2.75, 3.05) is 6.61 Å². The highest BCUT2D eigenvalue weighted by atomic mass is 16.5. The van der Waals surface area contributed by atoms with Crippen LogP contribution in [0.3, 0.4) is 0 Å². The molecule has 0 aromatic carbocycles. The summed E-state index contributed by atoms with van der Waals surface area (Å²) < 4.78 is 5.77. The van der Waals surface area contributed by atoms with E-state index in [0.717, 1.165) is 17.7 Å². The molecular weight excluding hydrogens is 200 g/mol. The van der Waals surface area contributed by atoms with E-state index in [1.165, 1.54) is 0 Å². The molecule has 0 radical (unpaired) electrons. The summed E-state index contributed by atoms with van der Waals surface area (Å²) in [5, 5.41) is 0. The summed E-state index contributed by atoms with van der Waals surface area (Å²) >= 11 is 0. The maximum absolute atomic E-state index is 6.26. The van der Waals surface area contributed by atoms with Gasteiger partial charge < -0.3 is 10.5 Å². The third kappa shape index (κ3) is 2.80. The van der Waals surface area contributed by atoms with E-state index >= 15 is 0 Å². The van der Waals surface area contributed by atoms with Crippen LogP contribution in [0.2, 0.25) is 0 Å². The van der Waals surface area contributed by atoms with Crippen molar-refractivity contribution < 1.29 is 4.74 Å². The topological polar surface area (TPSA) is 48.1 Å². The molecule has 0 aliphatic rings. The van der Waals surface area contributed by atoms with Gasteiger partial charge in [-0.15, -0.1) is 0 Å². The molecular formula is C13H22N2O. The van der Waals surface area contributed by atoms with Crippen LogP contribution in [0.1, 0.15) is 44.5 Å². The first-order chi connectivity index (χ1) is 7.53. The summed E-state index contributed by atoms with van der Waals surface area (Å²) in [5.74, 6) is 0. The highest BCUT2D eigenvalue weighted by Gasteiger charge is 2.31. The molecule has 0 fully saturated rings. The maximum atomic E-state index is 6.26. The van der Waals surface area contributed by atoms with Crippen molar-refractivity contribution in [3.05, 3.63) is 29.6 Å². The Morgan fingerprint density at radius 1 is 1.44 bits per heavy atom. The molecule has 0 aliphatic heterocycles. The molecule has 0 bridgehead atoms. The number of nitrogens with two attached hydrogens (primary N) is 1. The molecule has 0 saturated heterocycles. The third-order valence-corrected chi connectivity index (χ3v) is 3.13. The van der Waals surface area contributed by atoms with E-state index in [9.17, 15) is 0 Å². The molecule has 0 amide bonds. The van der Waals surface area contributed by atoms with Crippen molar-refractivity contribution in [2.24, 2.45) is 5.73 Å². The molecule has 3 nitrogen and oxygen atoms in total. The van der Waals surface area contributed by atoms with E-state index < -0.39 is 0 Å². The van der Waals surface area contributed by atoms with Gasteiger partial charge in [0, 0.05) is 18.5 Å². The van der Waals surface area contributed by atoms with Crippen LogP contribution in [0.15, 0.2) is 18.3 Å². The Kier molecular flexibility index (Phi) is 4.44. The first kappa shape index (κ1) is 13.1. The quantitative estimate of drug-likeness (QED) is 0.833. The fourth-order valence-corrected chi connectivity index (χ4v) is 1.76. The minimum Gasteiger partial charge on any atom is -0.374 e. The van der Waals surface area contributed by atoms with Crippen molar-refractivity contribution >= 4 is 0 Å². The van der Waals surface area contributed by atoms with Crippen LogP contribution in [-0.4, -0.2) is 17.2 Å². The second-order valence-electron chi connectivity index (χ2n) is 4.31. The molecule has 0 aliphatic carbocycles. The largest absolute Gasteiger partial charge is 0.374 e. The Bertz CT molecular complexity index is 323. The third-order valence-electron chi connectivity index (χ3n) is 3.13. The molecule has 90 valence electrons. The average Bonchev–Trinajstić information content (AvgIpc) is 2.29. The Balaban J connectivity index is 2.90. The second-order valence-corrected chi connectivity index (χ2v) is 4.31. The van der Waals surface area contributed by atoms with Gasteiger partial charge in [0.05, 0.1) is 11.6 Å². The lowest BCUT2D eigenvalue weighted by molar-refractivity contribution is -0.0473. The van der Waals surface area contributed by atoms with Crippen LogP contribution >= 0.6 is 0 Å². The van der Waals surface area contributed by atoms with Crippen molar-refractivity contribution in [3.8, 4) is 0 Å². The first-order valence-electron chi connectivity index (χ1n) is 5.85. The molecule has 2 unspecified atom stereocenters. The monoisotopic (exact) mass is 222 g/mol. The fraction of sp³-hybridized carbons (Fsp3) is 0.615.